The van der Waals surface area contributed by atoms with Crippen LogP contribution in [0.25, 0.3) is 0 Å². The largest absolute Gasteiger partial charge is 0.313 e. The average Bonchev–Trinajstić information content (AvgIpc) is 2.83. The molecular formula is C16H25NS. The molecule has 2 heteroatoms. The van der Waals surface area contributed by atoms with E-state index in [1.165, 1.54) is 36.3 Å². The first-order valence-electron chi connectivity index (χ1n) is 7.32. The molecule has 2 atom stereocenters. The Morgan fingerprint density at radius 2 is 2.11 bits per heavy atom. The lowest BCUT2D eigenvalue weighted by Gasteiger charge is -2.25. The summed E-state index contributed by atoms with van der Waals surface area (Å²) in [4.78, 5) is 1.50. The molecule has 100 valence electrons. The lowest BCUT2D eigenvalue weighted by Crippen LogP contribution is -2.35. The van der Waals surface area contributed by atoms with E-state index in [1.54, 1.807) is 5.56 Å². The third kappa shape index (κ3) is 3.30. The van der Waals surface area contributed by atoms with E-state index in [9.17, 15) is 0 Å². The first-order chi connectivity index (χ1) is 8.86. The van der Waals surface area contributed by atoms with Crippen LogP contribution in [0.1, 0.15) is 51.0 Å². The minimum Gasteiger partial charge on any atom is -0.313 e. The van der Waals surface area contributed by atoms with Crippen LogP contribution in [0.2, 0.25) is 0 Å². The summed E-state index contributed by atoms with van der Waals surface area (Å²) in [6, 6.07) is 9.62. The Kier molecular flexibility index (Phi) is 5.58. The van der Waals surface area contributed by atoms with Gasteiger partial charge in [-0.3, -0.25) is 0 Å². The number of benzene rings is 1. The van der Waals surface area contributed by atoms with E-state index in [1.807, 2.05) is 11.8 Å². The Balaban J connectivity index is 2.06. The van der Waals surface area contributed by atoms with Gasteiger partial charge in [-0.2, -0.15) is 0 Å². The summed E-state index contributed by atoms with van der Waals surface area (Å²) in [5, 5.41) is 3.77. The quantitative estimate of drug-likeness (QED) is 0.781. The Bertz CT molecular complexity index is 356. The molecule has 1 heterocycles. The van der Waals surface area contributed by atoms with Crippen LogP contribution in [0, 0.1) is 0 Å². The number of hydrogen-bond donors (Lipinski definition) is 1. The van der Waals surface area contributed by atoms with Crippen molar-refractivity contribution in [2.24, 2.45) is 0 Å². The molecule has 0 aromatic heterocycles. The summed E-state index contributed by atoms with van der Waals surface area (Å²) in [5.41, 5.74) is 1.58. The molecule has 0 saturated carbocycles. The van der Waals surface area contributed by atoms with E-state index in [4.69, 9.17) is 0 Å². The molecule has 1 nitrogen and oxygen atoms in total. The molecular weight excluding hydrogens is 238 g/mol. The lowest BCUT2D eigenvalue weighted by atomic mass is 9.90. The molecule has 18 heavy (non-hydrogen) atoms. The van der Waals surface area contributed by atoms with Crippen LogP contribution in [-0.2, 0) is 0 Å². The molecule has 1 N–H and O–H groups in total. The monoisotopic (exact) mass is 263 g/mol. The normalized spacial score (nSPS) is 19.8. The molecule has 1 aliphatic rings. The van der Waals surface area contributed by atoms with Crippen molar-refractivity contribution in [3.05, 3.63) is 29.8 Å². The van der Waals surface area contributed by atoms with Gasteiger partial charge in [-0.1, -0.05) is 44.9 Å². The van der Waals surface area contributed by atoms with E-state index in [0.29, 0.717) is 12.0 Å². The van der Waals surface area contributed by atoms with Gasteiger partial charge >= 0.3 is 0 Å². The summed E-state index contributed by atoms with van der Waals surface area (Å²) in [7, 11) is 0. The average molecular weight is 263 g/mol. The van der Waals surface area contributed by atoms with E-state index < -0.39 is 0 Å². The first kappa shape index (κ1) is 14.0. The highest BCUT2D eigenvalue weighted by molar-refractivity contribution is 7.99. The zero-order chi connectivity index (χ0) is 12.8. The molecule has 2 unspecified atom stereocenters. The standard InChI is InChI=1S/C16H25NS/c1-3-5-9-15(17-11-4-2)14-12-18-16-10-7-6-8-13(14)16/h6-8,10,14-15,17H,3-5,9,11-12H2,1-2H3. The fourth-order valence-electron chi connectivity index (χ4n) is 2.72. The van der Waals surface area contributed by atoms with Gasteiger partial charge in [0.2, 0.25) is 0 Å². The first-order valence-corrected chi connectivity index (χ1v) is 8.30. The van der Waals surface area contributed by atoms with Crippen molar-refractivity contribution >= 4 is 11.8 Å². The van der Waals surface area contributed by atoms with Crippen molar-refractivity contribution in [3.8, 4) is 0 Å². The van der Waals surface area contributed by atoms with Crippen LogP contribution in [-0.4, -0.2) is 18.3 Å². The maximum absolute atomic E-state index is 3.77. The van der Waals surface area contributed by atoms with Gasteiger partial charge in [-0.05, 0) is 31.0 Å². The van der Waals surface area contributed by atoms with Gasteiger partial charge < -0.3 is 5.32 Å². The number of fused-ring (bicyclic) bond motifs is 1. The Labute approximate surface area is 116 Å². The van der Waals surface area contributed by atoms with Crippen LogP contribution in [0.15, 0.2) is 29.2 Å². The number of nitrogens with one attached hydrogen (secondary N) is 1. The highest BCUT2D eigenvalue weighted by Gasteiger charge is 2.29. The second kappa shape index (κ2) is 7.20. The highest BCUT2D eigenvalue weighted by atomic mass is 32.2. The topological polar surface area (TPSA) is 12.0 Å². The lowest BCUT2D eigenvalue weighted by molar-refractivity contribution is 0.417. The van der Waals surface area contributed by atoms with Crippen molar-refractivity contribution in [3.63, 3.8) is 0 Å². The molecule has 0 amide bonds. The van der Waals surface area contributed by atoms with Crippen molar-refractivity contribution in [2.45, 2.75) is 56.4 Å². The van der Waals surface area contributed by atoms with Gasteiger partial charge in [0.15, 0.2) is 0 Å². The number of unbranched alkanes of at least 4 members (excludes halogenated alkanes) is 1. The van der Waals surface area contributed by atoms with Crippen LogP contribution in [0.5, 0.6) is 0 Å². The molecule has 1 aromatic carbocycles. The smallest absolute Gasteiger partial charge is 0.0144 e. The number of rotatable bonds is 7. The van der Waals surface area contributed by atoms with Crippen molar-refractivity contribution in [1.82, 2.24) is 5.32 Å². The molecule has 0 spiro atoms. The molecule has 2 rings (SSSR count). The maximum atomic E-state index is 3.77. The summed E-state index contributed by atoms with van der Waals surface area (Å²) >= 11 is 2.03. The summed E-state index contributed by atoms with van der Waals surface area (Å²) in [5.74, 6) is 1.97. The molecule has 1 aromatic rings. The molecule has 1 aliphatic heterocycles. The minimum absolute atomic E-state index is 0.668. The van der Waals surface area contributed by atoms with Crippen LogP contribution < -0.4 is 5.32 Å². The number of thioether (sulfide) groups is 1. The van der Waals surface area contributed by atoms with Gasteiger partial charge in [0, 0.05) is 22.6 Å². The Morgan fingerprint density at radius 1 is 1.28 bits per heavy atom. The zero-order valence-corrected chi connectivity index (χ0v) is 12.4. The number of hydrogen-bond acceptors (Lipinski definition) is 2. The van der Waals surface area contributed by atoms with Gasteiger partial charge in [0.1, 0.15) is 0 Å². The second-order valence-electron chi connectivity index (χ2n) is 5.16. The predicted molar refractivity (Wildman–Crippen MR) is 81.5 cm³/mol. The van der Waals surface area contributed by atoms with Crippen molar-refractivity contribution in [1.29, 1.82) is 0 Å². The van der Waals surface area contributed by atoms with E-state index >= 15 is 0 Å². The van der Waals surface area contributed by atoms with Crippen molar-refractivity contribution < 1.29 is 0 Å². The summed E-state index contributed by atoms with van der Waals surface area (Å²) in [6.45, 7) is 5.69. The Morgan fingerprint density at radius 3 is 2.89 bits per heavy atom. The van der Waals surface area contributed by atoms with E-state index in [-0.39, 0.29) is 0 Å². The molecule has 0 bridgehead atoms. The fourth-order valence-corrected chi connectivity index (χ4v) is 4.05. The van der Waals surface area contributed by atoms with E-state index in [2.05, 4.69) is 43.4 Å². The van der Waals surface area contributed by atoms with Gasteiger partial charge in [-0.15, -0.1) is 11.8 Å². The fraction of sp³-hybridized carbons (Fsp3) is 0.625. The van der Waals surface area contributed by atoms with Crippen LogP contribution in [0.4, 0.5) is 0 Å². The molecule has 0 saturated heterocycles. The third-order valence-corrected chi connectivity index (χ3v) is 4.96. The maximum Gasteiger partial charge on any atom is 0.0144 e. The summed E-state index contributed by atoms with van der Waals surface area (Å²) < 4.78 is 0. The zero-order valence-electron chi connectivity index (χ0n) is 11.6. The van der Waals surface area contributed by atoms with E-state index in [0.717, 1.165) is 6.54 Å². The Hall–Kier alpha value is -0.470. The molecule has 0 radical (unpaired) electrons. The SMILES string of the molecule is CCCCC(NCCC)C1CSc2ccccc21. The van der Waals surface area contributed by atoms with Gasteiger partial charge in [0.25, 0.3) is 0 Å². The van der Waals surface area contributed by atoms with Gasteiger partial charge in [-0.25, -0.2) is 0 Å². The third-order valence-electron chi connectivity index (χ3n) is 3.75. The second-order valence-corrected chi connectivity index (χ2v) is 6.22. The predicted octanol–water partition coefficient (Wildman–Crippen LogP) is 4.43. The van der Waals surface area contributed by atoms with Crippen LogP contribution >= 0.6 is 11.8 Å². The van der Waals surface area contributed by atoms with Gasteiger partial charge in [0.05, 0.1) is 0 Å². The van der Waals surface area contributed by atoms with Crippen molar-refractivity contribution in [2.75, 3.05) is 12.3 Å². The summed E-state index contributed by atoms with van der Waals surface area (Å²) in [6.07, 6.45) is 5.18. The highest BCUT2D eigenvalue weighted by Crippen LogP contribution is 2.41. The minimum atomic E-state index is 0.668. The van der Waals surface area contributed by atoms with Crippen LogP contribution in [0.3, 0.4) is 0 Å². The molecule has 0 fully saturated rings. The molecule has 0 aliphatic carbocycles.